The van der Waals surface area contributed by atoms with Gasteiger partial charge in [0.2, 0.25) is 0 Å². The van der Waals surface area contributed by atoms with Gasteiger partial charge in [-0.3, -0.25) is 0 Å². The summed E-state index contributed by atoms with van der Waals surface area (Å²) in [6.07, 6.45) is 0. The van der Waals surface area contributed by atoms with Crippen LogP contribution in [-0.4, -0.2) is 5.11 Å². The molecule has 2 heteroatoms. The lowest BCUT2D eigenvalue weighted by molar-refractivity contribution is 0.478. The summed E-state index contributed by atoms with van der Waals surface area (Å²) < 4.78 is 45.8. The van der Waals surface area contributed by atoms with Crippen LogP contribution in [0, 0.1) is 0 Å². The summed E-state index contributed by atoms with van der Waals surface area (Å²) in [5, 5.41) is 9.59. The van der Waals surface area contributed by atoms with E-state index in [1.165, 1.54) is 0 Å². The predicted octanol–water partition coefficient (Wildman–Crippen LogP) is 3.31. The molecule has 0 amide bonds. The Bertz CT molecular complexity index is 571. The maximum absolute atomic E-state index is 9.89. The minimum absolute atomic E-state index is 0.0509. The van der Waals surface area contributed by atoms with E-state index in [-0.39, 0.29) is 27.3 Å². The number of fused-ring (bicyclic) bond motifs is 1. The Balaban J connectivity index is 3.22. The highest BCUT2D eigenvalue weighted by atomic mass is 79.9. The average Bonchev–Trinajstić information content (AvgIpc) is 2.35. The fourth-order valence-corrected chi connectivity index (χ4v) is 1.17. The Labute approximate surface area is 87.2 Å². The lowest BCUT2D eigenvalue weighted by Gasteiger charge is -2.01. The Hall–Kier alpha value is -1.02. The van der Waals surface area contributed by atoms with E-state index in [4.69, 9.17) is 8.22 Å². The zero-order valence-electron chi connectivity index (χ0n) is 11.8. The number of phenolic OH excluding ortho intramolecular Hbond substituents is 1. The van der Waals surface area contributed by atoms with Crippen molar-refractivity contribution >= 4 is 26.7 Å². The summed E-state index contributed by atoms with van der Waals surface area (Å²) >= 11 is 2.94. The van der Waals surface area contributed by atoms with Crippen molar-refractivity contribution in [2.75, 3.05) is 0 Å². The molecule has 0 aliphatic heterocycles. The van der Waals surface area contributed by atoms with E-state index in [9.17, 15) is 5.11 Å². The van der Waals surface area contributed by atoms with Crippen LogP contribution in [0.1, 0.15) is 8.22 Å². The van der Waals surface area contributed by atoms with E-state index < -0.39 is 29.9 Å². The van der Waals surface area contributed by atoms with Crippen molar-refractivity contribution < 1.29 is 13.3 Å². The Morgan fingerprint density at radius 2 is 1.92 bits per heavy atom. The third-order valence-corrected chi connectivity index (χ3v) is 2.00. The van der Waals surface area contributed by atoms with Crippen molar-refractivity contribution in [3.8, 4) is 5.75 Å². The van der Waals surface area contributed by atoms with Crippen LogP contribution in [0.4, 0.5) is 0 Å². The van der Waals surface area contributed by atoms with Crippen LogP contribution in [0.15, 0.2) is 40.7 Å². The normalized spacial score (nSPS) is 17.4. The van der Waals surface area contributed by atoms with Crippen LogP contribution in [0.3, 0.4) is 0 Å². The second-order valence-electron chi connectivity index (χ2n) is 2.16. The molecule has 0 aliphatic rings. The molecule has 0 atom stereocenters. The van der Waals surface area contributed by atoms with Gasteiger partial charge in [0.15, 0.2) is 0 Å². The third kappa shape index (κ3) is 1.08. The van der Waals surface area contributed by atoms with Crippen LogP contribution in [0.2, 0.25) is 0 Å². The molecule has 2 aromatic carbocycles. The van der Waals surface area contributed by atoms with E-state index >= 15 is 0 Å². The van der Waals surface area contributed by atoms with Gasteiger partial charge in [-0.1, -0.05) is 30.2 Å². The largest absolute Gasteiger partial charge is 0.506 e. The number of hydrogen-bond donors (Lipinski definition) is 1. The maximum atomic E-state index is 9.89. The molecule has 0 radical (unpaired) electrons. The molecule has 0 bridgehead atoms. The number of benzene rings is 2. The molecular weight excluding hydrogens is 216 g/mol. The van der Waals surface area contributed by atoms with Gasteiger partial charge in [-0.05, 0) is 27.4 Å². The first kappa shape index (κ1) is 3.38. The quantitative estimate of drug-likeness (QED) is 0.734. The van der Waals surface area contributed by atoms with E-state index in [0.29, 0.717) is 0 Å². The van der Waals surface area contributed by atoms with Crippen molar-refractivity contribution in [3.63, 3.8) is 0 Å². The molecule has 0 unspecified atom stereocenters. The van der Waals surface area contributed by atoms with Gasteiger partial charge in [0.1, 0.15) is 5.75 Å². The summed E-state index contributed by atoms with van der Waals surface area (Å²) in [7, 11) is 0. The number of phenols is 1. The number of halogens is 1. The fraction of sp³-hybridized carbons (Fsp3) is 0. The second-order valence-corrected chi connectivity index (χ2v) is 2.96. The summed E-state index contributed by atoms with van der Waals surface area (Å²) in [6, 6.07) is -2.47. The van der Waals surface area contributed by atoms with E-state index in [1.807, 2.05) is 0 Å². The molecule has 0 saturated heterocycles. The molecule has 0 spiro atoms. The van der Waals surface area contributed by atoms with Gasteiger partial charge in [-0.15, -0.1) is 0 Å². The zero-order valence-corrected chi connectivity index (χ0v) is 7.41. The number of rotatable bonds is 0. The van der Waals surface area contributed by atoms with E-state index in [1.54, 1.807) is 0 Å². The molecule has 0 aromatic heterocycles. The van der Waals surface area contributed by atoms with Gasteiger partial charge < -0.3 is 5.11 Å². The topological polar surface area (TPSA) is 20.2 Å². The minimum atomic E-state index is -0.484. The summed E-state index contributed by atoms with van der Waals surface area (Å²) in [5.74, 6) is -0.446. The molecule has 60 valence electrons. The van der Waals surface area contributed by atoms with Crippen LogP contribution in [0.5, 0.6) is 5.75 Å². The highest BCUT2D eigenvalue weighted by Gasteiger charge is 2.01. The molecule has 0 aliphatic carbocycles. The maximum Gasteiger partial charge on any atom is 0.137 e. The smallest absolute Gasteiger partial charge is 0.137 e. The summed E-state index contributed by atoms with van der Waals surface area (Å²) in [4.78, 5) is 0. The van der Waals surface area contributed by atoms with Gasteiger partial charge in [0.25, 0.3) is 0 Å². The van der Waals surface area contributed by atoms with Gasteiger partial charge in [-0.25, -0.2) is 0 Å². The van der Waals surface area contributed by atoms with Crippen LogP contribution in [-0.2, 0) is 0 Å². The van der Waals surface area contributed by atoms with Gasteiger partial charge >= 0.3 is 0 Å². The van der Waals surface area contributed by atoms with Crippen LogP contribution < -0.4 is 0 Å². The zero-order chi connectivity index (χ0) is 13.8. The molecule has 2 aromatic rings. The van der Waals surface area contributed by atoms with Crippen molar-refractivity contribution in [1.82, 2.24) is 0 Å². The SMILES string of the molecule is [2H]c1c([2H])c([2H])c2c(O)c(Br)c([2H])c([2H])c2c1[2H]. The molecular formula is C10H7BrO. The van der Waals surface area contributed by atoms with Gasteiger partial charge in [0, 0.05) is 5.39 Å². The van der Waals surface area contributed by atoms with Crippen molar-refractivity contribution in [2.45, 2.75) is 0 Å². The average molecular weight is 229 g/mol. The summed E-state index contributed by atoms with van der Waals surface area (Å²) in [5.41, 5.74) is 0. The molecule has 2 rings (SSSR count). The summed E-state index contributed by atoms with van der Waals surface area (Å²) in [6.45, 7) is 0. The molecule has 0 heterocycles. The fourth-order valence-electron chi connectivity index (χ4n) is 0.870. The lowest BCUT2D eigenvalue weighted by Crippen LogP contribution is -1.74. The highest BCUT2D eigenvalue weighted by Crippen LogP contribution is 2.31. The monoisotopic (exact) mass is 228 g/mol. The van der Waals surface area contributed by atoms with Gasteiger partial charge in [0.05, 0.1) is 12.7 Å². The van der Waals surface area contributed by atoms with Crippen molar-refractivity contribution in [3.05, 3.63) is 40.7 Å². The van der Waals surface area contributed by atoms with Crippen molar-refractivity contribution in [1.29, 1.82) is 0 Å². The lowest BCUT2D eigenvalue weighted by atomic mass is 10.1. The number of aromatic hydroxyl groups is 1. The minimum Gasteiger partial charge on any atom is -0.506 e. The van der Waals surface area contributed by atoms with E-state index in [0.717, 1.165) is 0 Å². The molecule has 1 nitrogen and oxygen atoms in total. The third-order valence-electron chi connectivity index (χ3n) is 1.43. The van der Waals surface area contributed by atoms with Crippen molar-refractivity contribution in [2.24, 2.45) is 0 Å². The molecule has 1 N–H and O–H groups in total. The molecule has 0 fully saturated rings. The Morgan fingerprint density at radius 3 is 2.75 bits per heavy atom. The Kier molecular flexibility index (Phi) is 0.787. The van der Waals surface area contributed by atoms with Crippen LogP contribution >= 0.6 is 15.9 Å². The van der Waals surface area contributed by atoms with E-state index in [2.05, 4.69) is 15.9 Å². The first-order chi connectivity index (χ1) is 8.29. The Morgan fingerprint density at radius 1 is 1.17 bits per heavy atom. The van der Waals surface area contributed by atoms with Gasteiger partial charge in [-0.2, -0.15) is 0 Å². The first-order valence-corrected chi connectivity index (χ1v) is 3.96. The molecule has 12 heavy (non-hydrogen) atoms. The second kappa shape index (κ2) is 2.79. The highest BCUT2D eigenvalue weighted by molar-refractivity contribution is 9.10. The first-order valence-electron chi connectivity index (χ1n) is 6.16. The van der Waals surface area contributed by atoms with Crippen LogP contribution in [0.25, 0.3) is 10.8 Å². The number of hydrogen-bond acceptors (Lipinski definition) is 1. The predicted molar refractivity (Wildman–Crippen MR) is 53.3 cm³/mol. The standard InChI is InChI=1S/C10H7BrO/c11-9-6-5-7-3-1-2-4-8(7)10(9)12/h1-6,12H/i1D,2D,3D,4D,5D,6D. The molecule has 0 saturated carbocycles.